The number of benzene rings is 1. The lowest BCUT2D eigenvalue weighted by Gasteiger charge is -2.38. The van der Waals surface area contributed by atoms with E-state index in [1.165, 1.54) is 31.2 Å². The number of hydrogen-bond donors (Lipinski definition) is 1. The van der Waals surface area contributed by atoms with Crippen molar-refractivity contribution in [3.63, 3.8) is 0 Å². The van der Waals surface area contributed by atoms with Gasteiger partial charge in [-0.2, -0.15) is 5.10 Å². The Morgan fingerprint density at radius 3 is 2.88 bits per heavy atom. The standard InChI is InChI=1S/C19H24N4OS/c1-14-4-2-5-15(12-14)17-20-21-18(25)23(17)10-6-16(24)22-11-9-19(13-22)7-3-8-19/h2,4-5,12H,3,6-11,13H2,1H3,(H,21,25). The maximum absolute atomic E-state index is 12.6. The molecule has 1 spiro atoms. The SMILES string of the molecule is Cc1cccc(-c2n[nH]c(=S)n2CCC(=O)N2CCC3(CCC3)C2)c1. The number of carbonyl (C=O) groups is 1. The van der Waals surface area contributed by atoms with E-state index in [0.717, 1.165) is 24.5 Å². The summed E-state index contributed by atoms with van der Waals surface area (Å²) in [4.78, 5) is 14.7. The van der Waals surface area contributed by atoms with Crippen LogP contribution in [0.15, 0.2) is 24.3 Å². The van der Waals surface area contributed by atoms with Crippen LogP contribution in [0.3, 0.4) is 0 Å². The third-order valence-corrected chi connectivity index (χ3v) is 6.10. The molecule has 4 rings (SSSR count). The van der Waals surface area contributed by atoms with Gasteiger partial charge in [0.25, 0.3) is 0 Å². The molecule has 0 bridgehead atoms. The van der Waals surface area contributed by atoms with E-state index in [1.807, 2.05) is 16.7 Å². The lowest BCUT2D eigenvalue weighted by Crippen LogP contribution is -2.36. The van der Waals surface area contributed by atoms with Gasteiger partial charge in [0.15, 0.2) is 10.6 Å². The number of nitrogens with one attached hydrogen (secondary N) is 1. The Balaban J connectivity index is 1.46. The molecule has 0 unspecified atom stereocenters. The molecule has 0 radical (unpaired) electrons. The van der Waals surface area contributed by atoms with Crippen molar-refractivity contribution in [2.45, 2.75) is 45.6 Å². The summed E-state index contributed by atoms with van der Waals surface area (Å²) < 4.78 is 2.51. The fourth-order valence-corrected chi connectivity index (χ4v) is 4.35. The van der Waals surface area contributed by atoms with Crippen molar-refractivity contribution in [3.8, 4) is 11.4 Å². The van der Waals surface area contributed by atoms with E-state index in [-0.39, 0.29) is 5.91 Å². The molecule has 1 saturated heterocycles. The van der Waals surface area contributed by atoms with E-state index in [0.29, 0.717) is 23.2 Å². The van der Waals surface area contributed by atoms with Crippen molar-refractivity contribution in [1.29, 1.82) is 0 Å². The summed E-state index contributed by atoms with van der Waals surface area (Å²) in [6.07, 6.45) is 5.56. The molecule has 5 nitrogen and oxygen atoms in total. The predicted molar refractivity (Wildman–Crippen MR) is 99.7 cm³/mol. The average molecular weight is 356 g/mol. The second kappa shape index (κ2) is 6.41. The van der Waals surface area contributed by atoms with Crippen molar-refractivity contribution in [1.82, 2.24) is 19.7 Å². The van der Waals surface area contributed by atoms with Gasteiger partial charge in [0.1, 0.15) is 0 Å². The van der Waals surface area contributed by atoms with Crippen LogP contribution in [0.4, 0.5) is 0 Å². The quantitative estimate of drug-likeness (QED) is 0.850. The maximum atomic E-state index is 12.6. The first-order valence-corrected chi connectivity index (χ1v) is 9.47. The van der Waals surface area contributed by atoms with Crippen LogP contribution < -0.4 is 0 Å². The summed E-state index contributed by atoms with van der Waals surface area (Å²) in [6.45, 7) is 4.50. The number of hydrogen-bond acceptors (Lipinski definition) is 3. The number of rotatable bonds is 4. The van der Waals surface area contributed by atoms with Crippen LogP contribution in [0, 0.1) is 17.1 Å². The second-order valence-electron chi connectivity index (χ2n) is 7.54. The number of amides is 1. The molecule has 1 aliphatic carbocycles. The van der Waals surface area contributed by atoms with Crippen LogP contribution >= 0.6 is 12.2 Å². The molecule has 1 saturated carbocycles. The Labute approximate surface area is 153 Å². The zero-order valence-electron chi connectivity index (χ0n) is 14.6. The van der Waals surface area contributed by atoms with E-state index in [9.17, 15) is 4.79 Å². The number of aromatic amines is 1. The fourth-order valence-electron chi connectivity index (χ4n) is 4.13. The van der Waals surface area contributed by atoms with Crippen LogP contribution in [0.5, 0.6) is 0 Å². The molecule has 132 valence electrons. The smallest absolute Gasteiger partial charge is 0.224 e. The minimum atomic E-state index is 0.238. The third-order valence-electron chi connectivity index (χ3n) is 5.79. The van der Waals surface area contributed by atoms with E-state index >= 15 is 0 Å². The Hall–Kier alpha value is -1.95. The Morgan fingerprint density at radius 1 is 1.36 bits per heavy atom. The second-order valence-corrected chi connectivity index (χ2v) is 7.93. The highest BCUT2D eigenvalue weighted by atomic mass is 32.1. The molecule has 2 aromatic rings. The van der Waals surface area contributed by atoms with E-state index < -0.39 is 0 Å². The average Bonchev–Trinajstić information content (AvgIpc) is 3.17. The number of carbonyl (C=O) groups excluding carboxylic acids is 1. The van der Waals surface area contributed by atoms with Crippen molar-refractivity contribution >= 4 is 18.1 Å². The largest absolute Gasteiger partial charge is 0.342 e. The highest BCUT2D eigenvalue weighted by Gasteiger charge is 2.43. The molecule has 25 heavy (non-hydrogen) atoms. The number of aromatic nitrogens is 3. The monoisotopic (exact) mass is 356 g/mol. The molecule has 1 aromatic heterocycles. The van der Waals surface area contributed by atoms with Crippen molar-refractivity contribution in [3.05, 3.63) is 34.6 Å². The van der Waals surface area contributed by atoms with Crippen molar-refractivity contribution < 1.29 is 4.79 Å². The summed E-state index contributed by atoms with van der Waals surface area (Å²) in [7, 11) is 0. The highest BCUT2D eigenvalue weighted by Crippen LogP contribution is 2.48. The highest BCUT2D eigenvalue weighted by molar-refractivity contribution is 7.71. The minimum Gasteiger partial charge on any atom is -0.342 e. The molecule has 2 heterocycles. The van der Waals surface area contributed by atoms with Gasteiger partial charge in [-0.15, -0.1) is 0 Å². The lowest BCUT2D eigenvalue weighted by atomic mass is 9.68. The van der Waals surface area contributed by atoms with Crippen molar-refractivity contribution in [2.24, 2.45) is 5.41 Å². The van der Waals surface area contributed by atoms with Gasteiger partial charge in [-0.05, 0) is 49.9 Å². The summed E-state index contributed by atoms with van der Waals surface area (Å²) in [5.41, 5.74) is 2.65. The molecule has 2 aliphatic rings. The van der Waals surface area contributed by atoms with Crippen LogP contribution in [0.25, 0.3) is 11.4 Å². The molecule has 6 heteroatoms. The predicted octanol–water partition coefficient (Wildman–Crippen LogP) is 3.71. The summed E-state index contributed by atoms with van der Waals surface area (Å²) in [6, 6.07) is 8.18. The van der Waals surface area contributed by atoms with E-state index in [2.05, 4.69) is 34.2 Å². The van der Waals surface area contributed by atoms with E-state index in [1.54, 1.807) is 0 Å². The van der Waals surface area contributed by atoms with Crippen LogP contribution in [-0.2, 0) is 11.3 Å². The summed E-state index contributed by atoms with van der Waals surface area (Å²) in [5.74, 6) is 1.04. The first-order valence-electron chi connectivity index (χ1n) is 9.06. The Morgan fingerprint density at radius 2 is 2.20 bits per heavy atom. The van der Waals surface area contributed by atoms with Gasteiger partial charge in [0, 0.05) is 31.6 Å². The molecule has 2 fully saturated rings. The third kappa shape index (κ3) is 3.15. The maximum Gasteiger partial charge on any atom is 0.224 e. The Kier molecular flexibility index (Phi) is 4.23. The van der Waals surface area contributed by atoms with Gasteiger partial charge in [-0.3, -0.25) is 14.5 Å². The first-order chi connectivity index (χ1) is 12.1. The topological polar surface area (TPSA) is 53.9 Å². The first kappa shape index (κ1) is 16.5. The molecule has 1 N–H and O–H groups in total. The normalized spacial score (nSPS) is 18.5. The number of nitrogens with zero attached hydrogens (tertiary/aromatic N) is 3. The molecule has 1 amide bonds. The molecule has 0 atom stereocenters. The fraction of sp³-hybridized carbons (Fsp3) is 0.526. The number of aryl methyl sites for hydroxylation is 1. The number of likely N-dealkylation sites (tertiary alicyclic amines) is 1. The van der Waals surface area contributed by atoms with Crippen LogP contribution in [0.2, 0.25) is 0 Å². The van der Waals surface area contributed by atoms with Gasteiger partial charge < -0.3 is 4.90 Å². The molecular formula is C19H24N4OS. The Bertz CT molecular complexity index is 849. The van der Waals surface area contributed by atoms with Gasteiger partial charge in [-0.25, -0.2) is 0 Å². The molecule has 1 aliphatic heterocycles. The van der Waals surface area contributed by atoms with Gasteiger partial charge in [-0.1, -0.05) is 30.2 Å². The van der Waals surface area contributed by atoms with E-state index in [4.69, 9.17) is 12.2 Å². The molecular weight excluding hydrogens is 332 g/mol. The van der Waals surface area contributed by atoms with Gasteiger partial charge >= 0.3 is 0 Å². The number of H-pyrrole nitrogens is 1. The van der Waals surface area contributed by atoms with Gasteiger partial charge in [0.2, 0.25) is 5.91 Å². The summed E-state index contributed by atoms with van der Waals surface area (Å²) >= 11 is 5.38. The van der Waals surface area contributed by atoms with Gasteiger partial charge in [0.05, 0.1) is 0 Å². The molecule has 1 aromatic carbocycles. The lowest BCUT2D eigenvalue weighted by molar-refractivity contribution is -0.131. The van der Waals surface area contributed by atoms with Crippen LogP contribution in [-0.4, -0.2) is 38.7 Å². The van der Waals surface area contributed by atoms with Crippen LogP contribution in [0.1, 0.15) is 37.7 Å². The summed E-state index contributed by atoms with van der Waals surface area (Å²) in [5, 5.41) is 7.24. The zero-order chi connectivity index (χ0) is 17.4. The minimum absolute atomic E-state index is 0.238. The van der Waals surface area contributed by atoms with Crippen molar-refractivity contribution in [2.75, 3.05) is 13.1 Å². The zero-order valence-corrected chi connectivity index (χ0v) is 15.4.